The van der Waals surface area contributed by atoms with Gasteiger partial charge in [0.1, 0.15) is 0 Å². The summed E-state index contributed by atoms with van der Waals surface area (Å²) in [4.78, 5) is 0. The van der Waals surface area contributed by atoms with Crippen LogP contribution in [0.1, 0.15) is 25.7 Å². The number of hydrogen-bond acceptors (Lipinski definition) is 7. The molecule has 0 fully saturated rings. The Bertz CT molecular complexity index is 174. The fraction of sp³-hybridized carbons (Fsp3) is 1.00. The van der Waals surface area contributed by atoms with Gasteiger partial charge in [-0.1, -0.05) is 0 Å². The predicted molar refractivity (Wildman–Crippen MR) is 70.3 cm³/mol. The molecule has 8 heteroatoms. The lowest BCUT2D eigenvalue weighted by atomic mass is 10.3. The van der Waals surface area contributed by atoms with Gasteiger partial charge < -0.3 is 22.0 Å². The number of hydrogen-bond donors (Lipinski definition) is 6. The van der Waals surface area contributed by atoms with Crippen LogP contribution in [0.15, 0.2) is 0 Å². The Kier molecular flexibility index (Phi) is 12.9. The van der Waals surface area contributed by atoms with Crippen LogP contribution < -0.4 is 27.7 Å². The second-order valence-electron chi connectivity index (χ2n) is 4.15. The van der Waals surface area contributed by atoms with Crippen molar-refractivity contribution in [3.05, 3.63) is 5.21 Å². The maximum atomic E-state index is 11.3. The van der Waals surface area contributed by atoms with Crippen LogP contribution in [0.4, 0.5) is 0 Å². The minimum Gasteiger partial charge on any atom is -0.591 e. The molecule has 0 aliphatic rings. The quantitative estimate of drug-likeness (QED) is 0.161. The van der Waals surface area contributed by atoms with Crippen LogP contribution in [0, 0.1) is 5.21 Å². The van der Waals surface area contributed by atoms with E-state index in [1.165, 1.54) is 0 Å². The van der Waals surface area contributed by atoms with Gasteiger partial charge in [-0.15, -0.1) is 5.01 Å². The average Bonchev–Trinajstić information content (AvgIpc) is 2.40. The normalized spacial score (nSPS) is 13.2. The number of nitrogens with zero attached hydrogens (tertiary/aromatic N) is 1. The molecular formula is C10H28N6O2. The van der Waals surface area contributed by atoms with Crippen molar-refractivity contribution >= 4 is 0 Å². The highest BCUT2D eigenvalue weighted by Gasteiger charge is 2.10. The molecule has 0 amide bonds. The van der Waals surface area contributed by atoms with Crippen LogP contribution in [0.5, 0.6) is 0 Å². The van der Waals surface area contributed by atoms with Crippen molar-refractivity contribution in [3.63, 3.8) is 0 Å². The Labute approximate surface area is 109 Å². The molecule has 1 unspecified atom stereocenters. The zero-order chi connectivity index (χ0) is 13.6. The highest BCUT2D eigenvalue weighted by Crippen LogP contribution is 1.91. The first-order valence-corrected chi connectivity index (χ1v) is 6.56. The summed E-state index contributed by atoms with van der Waals surface area (Å²) >= 11 is 0. The first kappa shape index (κ1) is 17.7. The van der Waals surface area contributed by atoms with Gasteiger partial charge in [-0.05, 0) is 57.5 Å². The second-order valence-corrected chi connectivity index (χ2v) is 4.15. The van der Waals surface area contributed by atoms with Gasteiger partial charge >= 0.3 is 0 Å². The Hall–Kier alpha value is -0.320. The molecule has 8 nitrogen and oxygen atoms in total. The number of nitrogens with two attached hydrogens (primary N) is 2. The van der Waals surface area contributed by atoms with Gasteiger partial charge in [-0.25, -0.2) is 0 Å². The maximum Gasteiger partial charge on any atom is 0.0511 e. The smallest absolute Gasteiger partial charge is 0.0511 e. The zero-order valence-corrected chi connectivity index (χ0v) is 11.0. The summed E-state index contributed by atoms with van der Waals surface area (Å²) in [5.41, 5.74) is 12.4. The fourth-order valence-corrected chi connectivity index (χ4v) is 1.57. The highest BCUT2D eigenvalue weighted by atomic mass is 16.7. The molecular weight excluding hydrogens is 236 g/mol. The summed E-state index contributed by atoms with van der Waals surface area (Å²) in [5.74, 6) is 0. The highest BCUT2D eigenvalue weighted by molar-refractivity contribution is 4.52. The van der Waals surface area contributed by atoms with Crippen LogP contribution in [0.3, 0.4) is 0 Å². The molecule has 0 rings (SSSR count). The lowest BCUT2D eigenvalue weighted by Gasteiger charge is -2.30. The number of unbranched alkanes of at least 4 members (excludes halogenated alkanes) is 1. The van der Waals surface area contributed by atoms with Gasteiger partial charge in [0, 0.05) is 6.54 Å². The maximum absolute atomic E-state index is 11.3. The van der Waals surface area contributed by atoms with E-state index in [-0.39, 0.29) is 0 Å². The standard InChI is InChI=1S/C10H28N6O2/c11-5-3-8-13-7-1-2-9-15(10-4-6-12)16(18)14-17/h13-14,16-17H,1-12H2. The molecule has 0 spiro atoms. The molecule has 0 aromatic heterocycles. The van der Waals surface area contributed by atoms with E-state index in [0.29, 0.717) is 26.2 Å². The molecule has 110 valence electrons. The van der Waals surface area contributed by atoms with Crippen molar-refractivity contribution in [2.45, 2.75) is 25.7 Å². The fourth-order valence-electron chi connectivity index (χ4n) is 1.57. The average molecular weight is 264 g/mol. The Morgan fingerprint density at radius 3 is 2.22 bits per heavy atom. The lowest BCUT2D eigenvalue weighted by Crippen LogP contribution is -3.20. The molecule has 0 aromatic rings. The van der Waals surface area contributed by atoms with Crippen molar-refractivity contribution in [3.8, 4) is 0 Å². The molecule has 0 aliphatic carbocycles. The largest absolute Gasteiger partial charge is 0.591 e. The van der Waals surface area contributed by atoms with E-state index in [9.17, 15) is 5.21 Å². The van der Waals surface area contributed by atoms with Crippen LogP contribution in [0.2, 0.25) is 0 Å². The SMILES string of the molecule is NCCCNCCCCN(CCCN)[NH+]([O-])NO. The van der Waals surface area contributed by atoms with E-state index in [1.807, 2.05) is 0 Å². The van der Waals surface area contributed by atoms with Gasteiger partial charge in [-0.3, -0.25) is 5.21 Å². The third-order valence-corrected chi connectivity index (χ3v) is 2.60. The molecule has 0 radical (unpaired) electrons. The van der Waals surface area contributed by atoms with E-state index in [4.69, 9.17) is 16.7 Å². The minimum absolute atomic E-state index is 0.459. The van der Waals surface area contributed by atoms with Crippen molar-refractivity contribution in [2.75, 3.05) is 39.3 Å². The lowest BCUT2D eigenvalue weighted by molar-refractivity contribution is -1.04. The van der Waals surface area contributed by atoms with Gasteiger partial charge in [0.05, 0.1) is 6.54 Å². The van der Waals surface area contributed by atoms with Gasteiger partial charge in [0.2, 0.25) is 0 Å². The molecule has 0 heterocycles. The molecule has 0 aliphatic heterocycles. The van der Waals surface area contributed by atoms with Crippen LogP contribution in [-0.4, -0.2) is 49.5 Å². The Morgan fingerprint density at radius 1 is 1.00 bits per heavy atom. The van der Waals surface area contributed by atoms with Gasteiger partial charge in [0.25, 0.3) is 0 Å². The predicted octanol–water partition coefficient (Wildman–Crippen LogP) is -2.45. The molecule has 0 saturated carbocycles. The molecule has 0 aromatic carbocycles. The van der Waals surface area contributed by atoms with Crippen molar-refractivity contribution < 1.29 is 10.5 Å². The third kappa shape index (κ3) is 9.68. The topological polar surface area (TPSA) is 127 Å². The first-order valence-electron chi connectivity index (χ1n) is 6.56. The van der Waals surface area contributed by atoms with Crippen molar-refractivity contribution in [1.82, 2.24) is 15.9 Å². The molecule has 0 saturated heterocycles. The summed E-state index contributed by atoms with van der Waals surface area (Å²) in [6.45, 7) is 4.30. The summed E-state index contributed by atoms with van der Waals surface area (Å²) < 4.78 is 0. The third-order valence-electron chi connectivity index (χ3n) is 2.60. The van der Waals surface area contributed by atoms with Crippen LogP contribution in [0.25, 0.3) is 0 Å². The summed E-state index contributed by atoms with van der Waals surface area (Å²) in [6.07, 6.45) is 3.60. The minimum atomic E-state index is -0.459. The van der Waals surface area contributed by atoms with Gasteiger partial charge in [-0.2, -0.15) is 5.28 Å². The molecule has 18 heavy (non-hydrogen) atoms. The Balaban J connectivity index is 3.56. The van der Waals surface area contributed by atoms with E-state index >= 15 is 0 Å². The molecule has 1 atom stereocenters. The number of nitrogens with one attached hydrogen (secondary N) is 3. The summed E-state index contributed by atoms with van der Waals surface area (Å²) in [5, 5.41) is 24.3. The first-order chi connectivity index (χ1) is 8.76. The van der Waals surface area contributed by atoms with E-state index in [0.717, 1.165) is 38.8 Å². The Morgan fingerprint density at radius 2 is 1.61 bits per heavy atom. The van der Waals surface area contributed by atoms with E-state index in [2.05, 4.69) is 5.32 Å². The number of quaternary nitrogens is 1. The molecule has 0 bridgehead atoms. The van der Waals surface area contributed by atoms with Crippen LogP contribution >= 0.6 is 0 Å². The van der Waals surface area contributed by atoms with Crippen molar-refractivity contribution in [1.29, 1.82) is 0 Å². The second kappa shape index (κ2) is 13.1. The van der Waals surface area contributed by atoms with Crippen LogP contribution in [-0.2, 0) is 0 Å². The van der Waals surface area contributed by atoms with E-state index in [1.54, 1.807) is 10.6 Å². The number of rotatable bonds is 13. The zero-order valence-electron chi connectivity index (χ0n) is 11.0. The summed E-state index contributed by atoms with van der Waals surface area (Å²) in [6, 6.07) is 0. The van der Waals surface area contributed by atoms with Crippen molar-refractivity contribution in [2.24, 2.45) is 11.5 Å². The van der Waals surface area contributed by atoms with E-state index < -0.39 is 5.28 Å². The summed E-state index contributed by atoms with van der Waals surface area (Å²) in [7, 11) is 0. The monoisotopic (exact) mass is 264 g/mol. The molecule has 8 N–H and O–H groups in total. The van der Waals surface area contributed by atoms with Gasteiger partial charge in [0.15, 0.2) is 0 Å².